The van der Waals surface area contributed by atoms with Gasteiger partial charge < -0.3 is 5.32 Å². The van der Waals surface area contributed by atoms with Gasteiger partial charge in [0.25, 0.3) is 0 Å². The zero-order valence-corrected chi connectivity index (χ0v) is 16.7. The zero-order valence-electron chi connectivity index (χ0n) is 16.0. The molecule has 1 saturated heterocycles. The smallest absolute Gasteiger partial charge is 0.231 e. The Morgan fingerprint density at radius 1 is 1.28 bits per heavy atom. The average Bonchev–Trinajstić information content (AvgIpc) is 2.95. The molecule has 2 heterocycles. The van der Waals surface area contributed by atoms with Crippen LogP contribution in [0.2, 0.25) is 5.02 Å². The maximum absolute atomic E-state index is 15.7. The van der Waals surface area contributed by atoms with Gasteiger partial charge in [-0.15, -0.1) is 0 Å². The van der Waals surface area contributed by atoms with Crippen molar-refractivity contribution in [3.8, 4) is 5.69 Å². The third kappa shape index (κ3) is 2.95. The molecule has 1 amide bonds. The van der Waals surface area contributed by atoms with Crippen molar-refractivity contribution in [2.24, 2.45) is 0 Å². The number of fused-ring (bicyclic) bond motifs is 1. The SMILES string of the molecule is Cc1nc2ccc(Cl)cc2n1-c1c(F)ccc([C@]2(C)CC(=O)N(C)C(=N)N2)c1F. The molecule has 1 fully saturated rings. The Morgan fingerprint density at radius 2 is 2.00 bits per heavy atom. The van der Waals surface area contributed by atoms with Gasteiger partial charge in [-0.1, -0.05) is 17.7 Å². The summed E-state index contributed by atoms with van der Waals surface area (Å²) in [6.45, 7) is 3.26. The summed E-state index contributed by atoms with van der Waals surface area (Å²) in [5.74, 6) is -1.69. The molecule has 9 heteroatoms. The zero-order chi connectivity index (χ0) is 21.1. The number of benzene rings is 2. The molecule has 6 nitrogen and oxygen atoms in total. The van der Waals surface area contributed by atoms with Crippen LogP contribution in [0.4, 0.5) is 8.78 Å². The molecule has 3 aromatic rings. The highest BCUT2D eigenvalue weighted by atomic mass is 35.5. The number of amides is 1. The Hall–Kier alpha value is -3.00. The van der Waals surface area contributed by atoms with Gasteiger partial charge in [0.2, 0.25) is 5.91 Å². The first kappa shape index (κ1) is 19.3. The Morgan fingerprint density at radius 3 is 2.69 bits per heavy atom. The van der Waals surface area contributed by atoms with Crippen LogP contribution < -0.4 is 5.32 Å². The van der Waals surface area contributed by atoms with Gasteiger partial charge in [-0.05, 0) is 38.1 Å². The Labute approximate surface area is 170 Å². The fourth-order valence-corrected chi connectivity index (χ4v) is 3.89. The van der Waals surface area contributed by atoms with Crippen LogP contribution in [0, 0.1) is 24.0 Å². The van der Waals surface area contributed by atoms with E-state index >= 15 is 4.39 Å². The lowest BCUT2D eigenvalue weighted by molar-refractivity contribution is -0.129. The highest BCUT2D eigenvalue weighted by molar-refractivity contribution is 6.31. The van der Waals surface area contributed by atoms with Crippen LogP contribution in [0.15, 0.2) is 30.3 Å². The van der Waals surface area contributed by atoms with Crippen molar-refractivity contribution in [3.63, 3.8) is 0 Å². The predicted octanol–water partition coefficient (Wildman–Crippen LogP) is 3.87. The standard InChI is InChI=1S/C20H18ClF2N5O/c1-10-25-14-7-4-11(21)8-15(14)28(10)18-13(22)6-5-12(17(18)23)20(2)9-16(29)27(3)19(24)26-20/h4-8H,9H2,1-3H3,(H2,24,26)/t20-/m0/s1. The summed E-state index contributed by atoms with van der Waals surface area (Å²) in [6, 6.07) is 7.39. The quantitative estimate of drug-likeness (QED) is 0.664. The molecule has 2 N–H and O–H groups in total. The second-order valence-electron chi connectivity index (χ2n) is 7.32. The molecule has 150 valence electrons. The minimum Gasteiger partial charge on any atom is -0.346 e. The molecule has 4 rings (SSSR count). The van der Waals surface area contributed by atoms with Gasteiger partial charge in [0.05, 0.1) is 23.0 Å². The number of halogens is 3. The minimum atomic E-state index is -1.20. The summed E-state index contributed by atoms with van der Waals surface area (Å²) in [7, 11) is 1.47. The first-order chi connectivity index (χ1) is 13.6. The van der Waals surface area contributed by atoms with Gasteiger partial charge in [-0.25, -0.2) is 13.8 Å². The van der Waals surface area contributed by atoms with Crippen molar-refractivity contribution >= 4 is 34.5 Å². The second kappa shape index (κ2) is 6.52. The minimum absolute atomic E-state index is 0.0800. The van der Waals surface area contributed by atoms with Crippen LogP contribution in [0.25, 0.3) is 16.7 Å². The number of carbonyl (C=O) groups excluding carboxylic acids is 1. The number of carbonyl (C=O) groups is 1. The number of rotatable bonds is 2. The summed E-state index contributed by atoms with van der Waals surface area (Å²) in [6.07, 6.45) is -0.0800. The average molecular weight is 418 g/mol. The number of hydrogen-bond donors (Lipinski definition) is 2. The maximum Gasteiger partial charge on any atom is 0.231 e. The first-order valence-corrected chi connectivity index (χ1v) is 9.27. The third-order valence-corrected chi connectivity index (χ3v) is 5.51. The third-order valence-electron chi connectivity index (χ3n) is 5.28. The fraction of sp³-hybridized carbons (Fsp3) is 0.250. The van der Waals surface area contributed by atoms with E-state index in [2.05, 4.69) is 10.3 Å². The van der Waals surface area contributed by atoms with Gasteiger partial charge in [-0.2, -0.15) is 0 Å². The van der Waals surface area contributed by atoms with Gasteiger partial charge in [0.1, 0.15) is 17.3 Å². The summed E-state index contributed by atoms with van der Waals surface area (Å²) in [5.41, 5.74) is -0.393. The molecule has 1 aromatic heterocycles. The molecule has 0 bridgehead atoms. The summed E-state index contributed by atoms with van der Waals surface area (Å²) in [5, 5.41) is 11.2. The number of nitrogens with zero attached hydrogens (tertiary/aromatic N) is 3. The molecule has 0 unspecified atom stereocenters. The van der Waals surface area contributed by atoms with Gasteiger partial charge in [-0.3, -0.25) is 19.7 Å². The molecule has 0 saturated carbocycles. The van der Waals surface area contributed by atoms with Gasteiger partial charge in [0, 0.05) is 17.6 Å². The highest BCUT2D eigenvalue weighted by Crippen LogP contribution is 2.35. The number of guanidine groups is 1. The van der Waals surface area contributed by atoms with E-state index in [1.807, 2.05) is 0 Å². The summed E-state index contributed by atoms with van der Waals surface area (Å²) < 4.78 is 32.0. The molecule has 1 aliphatic rings. The lowest BCUT2D eigenvalue weighted by Crippen LogP contribution is -2.58. The van der Waals surface area contributed by atoms with E-state index in [1.54, 1.807) is 32.0 Å². The Bertz CT molecular complexity index is 1170. The van der Waals surface area contributed by atoms with E-state index in [9.17, 15) is 9.18 Å². The number of aryl methyl sites for hydroxylation is 1. The van der Waals surface area contributed by atoms with Crippen molar-refractivity contribution in [1.29, 1.82) is 5.41 Å². The summed E-state index contributed by atoms with van der Waals surface area (Å²) >= 11 is 6.08. The fourth-order valence-electron chi connectivity index (χ4n) is 3.72. The molecule has 0 spiro atoms. The Kier molecular flexibility index (Phi) is 4.34. The molecular weight excluding hydrogens is 400 g/mol. The largest absolute Gasteiger partial charge is 0.346 e. The molecule has 0 aliphatic carbocycles. The normalized spacial score (nSPS) is 19.7. The predicted molar refractivity (Wildman–Crippen MR) is 106 cm³/mol. The van der Waals surface area contributed by atoms with Gasteiger partial charge >= 0.3 is 0 Å². The van der Waals surface area contributed by atoms with Crippen LogP contribution in [0.3, 0.4) is 0 Å². The van der Waals surface area contributed by atoms with Crippen molar-refractivity contribution in [1.82, 2.24) is 19.8 Å². The van der Waals surface area contributed by atoms with Crippen molar-refractivity contribution in [2.75, 3.05) is 7.05 Å². The summed E-state index contributed by atoms with van der Waals surface area (Å²) in [4.78, 5) is 17.8. The van der Waals surface area contributed by atoms with E-state index in [-0.39, 0.29) is 29.5 Å². The van der Waals surface area contributed by atoms with Crippen LogP contribution in [0.5, 0.6) is 0 Å². The molecule has 1 atom stereocenters. The second-order valence-corrected chi connectivity index (χ2v) is 7.76. The van der Waals surface area contributed by atoms with Crippen LogP contribution in [-0.4, -0.2) is 33.4 Å². The molecule has 29 heavy (non-hydrogen) atoms. The molecule has 0 radical (unpaired) electrons. The van der Waals surface area contributed by atoms with E-state index < -0.39 is 17.2 Å². The maximum atomic E-state index is 15.7. The van der Waals surface area contributed by atoms with E-state index in [1.165, 1.54) is 17.7 Å². The topological polar surface area (TPSA) is 74.0 Å². The van der Waals surface area contributed by atoms with E-state index in [0.717, 1.165) is 11.0 Å². The number of hydrogen-bond acceptors (Lipinski definition) is 3. The van der Waals surface area contributed by atoms with Crippen LogP contribution >= 0.6 is 11.6 Å². The Balaban J connectivity index is 1.95. The van der Waals surface area contributed by atoms with Gasteiger partial charge in [0.15, 0.2) is 11.8 Å². The number of aromatic nitrogens is 2. The highest BCUT2D eigenvalue weighted by Gasteiger charge is 2.40. The van der Waals surface area contributed by atoms with E-state index in [4.69, 9.17) is 17.0 Å². The molecule has 2 aromatic carbocycles. The first-order valence-electron chi connectivity index (χ1n) is 8.89. The van der Waals surface area contributed by atoms with E-state index in [0.29, 0.717) is 21.9 Å². The van der Waals surface area contributed by atoms with Crippen LogP contribution in [-0.2, 0) is 10.3 Å². The van der Waals surface area contributed by atoms with Crippen molar-refractivity contribution < 1.29 is 13.6 Å². The number of imidazole rings is 1. The lowest BCUT2D eigenvalue weighted by atomic mass is 9.85. The molecular formula is C20H18ClF2N5O. The monoisotopic (exact) mass is 417 g/mol. The van der Waals surface area contributed by atoms with Crippen molar-refractivity contribution in [2.45, 2.75) is 25.8 Å². The van der Waals surface area contributed by atoms with Crippen molar-refractivity contribution in [3.05, 3.63) is 58.4 Å². The van der Waals surface area contributed by atoms with Crippen LogP contribution in [0.1, 0.15) is 24.7 Å². The number of nitrogens with one attached hydrogen (secondary N) is 2. The lowest BCUT2D eigenvalue weighted by Gasteiger charge is -2.39. The molecule has 1 aliphatic heterocycles.